The molecule has 0 spiro atoms. The van der Waals surface area contributed by atoms with Gasteiger partial charge in [-0.15, -0.1) is 0 Å². The Hall–Kier alpha value is -2.53. The van der Waals surface area contributed by atoms with Crippen molar-refractivity contribution in [3.05, 3.63) is 53.9 Å². The second-order valence-corrected chi connectivity index (χ2v) is 5.57. The third-order valence-electron chi connectivity index (χ3n) is 3.99. The lowest BCUT2D eigenvalue weighted by atomic mass is 10.2. The number of hydrogen-bond acceptors (Lipinski definition) is 5. The molecule has 0 saturated carbocycles. The molecule has 0 atom stereocenters. The maximum atomic E-state index is 5.81. The molecule has 2 aromatic carbocycles. The van der Waals surface area contributed by atoms with Crippen molar-refractivity contribution in [1.29, 1.82) is 0 Å². The molecule has 5 nitrogen and oxygen atoms in total. The number of ether oxygens (including phenoxy) is 2. The van der Waals surface area contributed by atoms with Crippen molar-refractivity contribution < 1.29 is 13.9 Å². The standard InChI is InChI=1S/C18H18N2O3/c1-2-20(10-13-7-8-16-17(9-13)22-12-21-16)11-18-19-14-5-3-4-6-15(14)23-18/h3-9H,2,10-12H2,1H3. The monoisotopic (exact) mass is 310 g/mol. The third kappa shape index (κ3) is 2.87. The van der Waals surface area contributed by atoms with Crippen LogP contribution in [0.3, 0.4) is 0 Å². The van der Waals surface area contributed by atoms with Crippen LogP contribution >= 0.6 is 0 Å². The van der Waals surface area contributed by atoms with Crippen LogP contribution in [0.5, 0.6) is 11.5 Å². The zero-order valence-electron chi connectivity index (χ0n) is 13.0. The van der Waals surface area contributed by atoms with E-state index in [1.54, 1.807) is 0 Å². The van der Waals surface area contributed by atoms with Crippen LogP contribution in [0.1, 0.15) is 18.4 Å². The van der Waals surface area contributed by atoms with E-state index in [0.29, 0.717) is 13.3 Å². The Morgan fingerprint density at radius 2 is 1.91 bits per heavy atom. The Labute approximate surface area is 134 Å². The fraction of sp³-hybridized carbons (Fsp3) is 0.278. The molecule has 4 rings (SSSR count). The SMILES string of the molecule is CCN(Cc1ccc2c(c1)OCO2)Cc1nc2ccccc2o1. The maximum Gasteiger partial charge on any atom is 0.231 e. The molecule has 0 bridgehead atoms. The van der Waals surface area contributed by atoms with Crippen LogP contribution in [-0.4, -0.2) is 23.2 Å². The summed E-state index contributed by atoms with van der Waals surface area (Å²) in [7, 11) is 0. The zero-order chi connectivity index (χ0) is 15.6. The Balaban J connectivity index is 1.50. The third-order valence-corrected chi connectivity index (χ3v) is 3.99. The average Bonchev–Trinajstić information content (AvgIpc) is 3.19. The summed E-state index contributed by atoms with van der Waals surface area (Å²) < 4.78 is 16.6. The summed E-state index contributed by atoms with van der Waals surface area (Å²) in [6.07, 6.45) is 0. The quantitative estimate of drug-likeness (QED) is 0.721. The van der Waals surface area contributed by atoms with Crippen LogP contribution in [-0.2, 0) is 13.1 Å². The first-order valence-electron chi connectivity index (χ1n) is 7.77. The van der Waals surface area contributed by atoms with Crippen molar-refractivity contribution in [1.82, 2.24) is 9.88 Å². The van der Waals surface area contributed by atoms with Crippen molar-refractivity contribution in [2.75, 3.05) is 13.3 Å². The van der Waals surface area contributed by atoms with E-state index in [-0.39, 0.29) is 0 Å². The van der Waals surface area contributed by atoms with E-state index in [9.17, 15) is 0 Å². The number of para-hydroxylation sites is 2. The molecule has 1 aromatic heterocycles. The number of fused-ring (bicyclic) bond motifs is 2. The number of oxazole rings is 1. The van der Waals surface area contributed by atoms with Gasteiger partial charge in [-0.25, -0.2) is 4.98 Å². The van der Waals surface area contributed by atoms with Crippen LogP contribution in [0.15, 0.2) is 46.9 Å². The van der Waals surface area contributed by atoms with Gasteiger partial charge < -0.3 is 13.9 Å². The Kier molecular flexibility index (Phi) is 3.63. The zero-order valence-corrected chi connectivity index (χ0v) is 13.0. The molecule has 1 aliphatic rings. The lowest BCUT2D eigenvalue weighted by Gasteiger charge is -2.18. The molecule has 2 heterocycles. The fourth-order valence-electron chi connectivity index (χ4n) is 2.76. The van der Waals surface area contributed by atoms with Crippen molar-refractivity contribution in [3.63, 3.8) is 0 Å². The van der Waals surface area contributed by atoms with Gasteiger partial charge in [-0.2, -0.15) is 0 Å². The highest BCUT2D eigenvalue weighted by atomic mass is 16.7. The molecule has 118 valence electrons. The molecule has 0 unspecified atom stereocenters. The molecule has 0 fully saturated rings. The first-order valence-corrected chi connectivity index (χ1v) is 7.77. The average molecular weight is 310 g/mol. The number of hydrogen-bond donors (Lipinski definition) is 0. The van der Waals surface area contributed by atoms with Gasteiger partial charge in [-0.3, -0.25) is 4.90 Å². The van der Waals surface area contributed by atoms with Gasteiger partial charge in [0.05, 0.1) is 6.54 Å². The highest BCUT2D eigenvalue weighted by Crippen LogP contribution is 2.32. The molecule has 1 aliphatic heterocycles. The second kappa shape index (κ2) is 5.93. The van der Waals surface area contributed by atoms with Crippen LogP contribution in [0, 0.1) is 0 Å². The highest BCUT2D eigenvalue weighted by molar-refractivity contribution is 5.72. The normalized spacial score (nSPS) is 13.1. The predicted octanol–water partition coefficient (Wildman–Crippen LogP) is 3.58. The van der Waals surface area contributed by atoms with E-state index in [2.05, 4.69) is 22.9 Å². The van der Waals surface area contributed by atoms with Gasteiger partial charge >= 0.3 is 0 Å². The molecule has 0 saturated heterocycles. The van der Waals surface area contributed by atoms with Gasteiger partial charge in [0.1, 0.15) is 5.52 Å². The van der Waals surface area contributed by atoms with Gasteiger partial charge in [-0.05, 0) is 36.4 Å². The van der Waals surface area contributed by atoms with E-state index < -0.39 is 0 Å². The molecule has 0 radical (unpaired) electrons. The number of nitrogens with zero attached hydrogens (tertiary/aromatic N) is 2. The maximum absolute atomic E-state index is 5.81. The smallest absolute Gasteiger partial charge is 0.231 e. The minimum Gasteiger partial charge on any atom is -0.454 e. The number of aromatic nitrogens is 1. The second-order valence-electron chi connectivity index (χ2n) is 5.57. The predicted molar refractivity (Wildman–Crippen MR) is 86.4 cm³/mol. The molecule has 23 heavy (non-hydrogen) atoms. The molecule has 0 aliphatic carbocycles. The van der Waals surface area contributed by atoms with Crippen molar-refractivity contribution in [2.45, 2.75) is 20.0 Å². The minimum absolute atomic E-state index is 0.305. The summed E-state index contributed by atoms with van der Waals surface area (Å²) in [5.74, 6) is 2.38. The van der Waals surface area contributed by atoms with Crippen LogP contribution in [0.4, 0.5) is 0 Å². The Morgan fingerprint density at radius 3 is 2.78 bits per heavy atom. The molecule has 3 aromatic rings. The first kappa shape index (κ1) is 14.1. The lowest BCUT2D eigenvalue weighted by Crippen LogP contribution is -2.22. The van der Waals surface area contributed by atoms with Crippen LogP contribution in [0.2, 0.25) is 0 Å². The molecular formula is C18H18N2O3. The van der Waals surface area contributed by atoms with E-state index in [4.69, 9.17) is 13.9 Å². The Morgan fingerprint density at radius 1 is 1.04 bits per heavy atom. The topological polar surface area (TPSA) is 47.7 Å². The summed E-state index contributed by atoms with van der Waals surface area (Å²) in [6, 6.07) is 13.9. The minimum atomic E-state index is 0.305. The van der Waals surface area contributed by atoms with E-state index >= 15 is 0 Å². The van der Waals surface area contributed by atoms with Crippen molar-refractivity contribution in [3.8, 4) is 11.5 Å². The summed E-state index contributed by atoms with van der Waals surface area (Å²) >= 11 is 0. The van der Waals surface area contributed by atoms with Gasteiger partial charge in [-0.1, -0.05) is 25.1 Å². The van der Waals surface area contributed by atoms with Crippen molar-refractivity contribution >= 4 is 11.1 Å². The number of rotatable bonds is 5. The Bertz CT molecular complexity index is 795. The molecule has 5 heteroatoms. The van der Waals surface area contributed by atoms with E-state index in [1.807, 2.05) is 36.4 Å². The molecular weight excluding hydrogens is 292 g/mol. The van der Waals surface area contributed by atoms with Gasteiger partial charge in [0, 0.05) is 6.54 Å². The summed E-state index contributed by atoms with van der Waals surface area (Å²) in [5.41, 5.74) is 2.93. The van der Waals surface area contributed by atoms with E-state index in [1.165, 1.54) is 5.56 Å². The van der Waals surface area contributed by atoms with E-state index in [0.717, 1.165) is 41.6 Å². The van der Waals surface area contributed by atoms with Crippen molar-refractivity contribution in [2.24, 2.45) is 0 Å². The molecule has 0 N–H and O–H groups in total. The van der Waals surface area contributed by atoms with Gasteiger partial charge in [0.15, 0.2) is 17.1 Å². The fourth-order valence-corrected chi connectivity index (χ4v) is 2.76. The largest absolute Gasteiger partial charge is 0.454 e. The first-order chi connectivity index (χ1) is 11.3. The summed E-state index contributed by atoms with van der Waals surface area (Å²) in [5, 5.41) is 0. The summed E-state index contributed by atoms with van der Waals surface area (Å²) in [6.45, 7) is 4.84. The molecule has 0 amide bonds. The van der Waals surface area contributed by atoms with Gasteiger partial charge in [0.2, 0.25) is 12.7 Å². The van der Waals surface area contributed by atoms with Crippen LogP contribution < -0.4 is 9.47 Å². The highest BCUT2D eigenvalue weighted by Gasteiger charge is 2.15. The number of benzene rings is 2. The van der Waals surface area contributed by atoms with Gasteiger partial charge in [0.25, 0.3) is 0 Å². The lowest BCUT2D eigenvalue weighted by molar-refractivity contribution is 0.174. The van der Waals surface area contributed by atoms with Crippen LogP contribution in [0.25, 0.3) is 11.1 Å². The summed E-state index contributed by atoms with van der Waals surface area (Å²) in [4.78, 5) is 6.83.